The largest absolute Gasteiger partial charge is 0.460 e. The van der Waals surface area contributed by atoms with Crippen LogP contribution >= 0.6 is 15.9 Å². The minimum atomic E-state index is -0.667. The predicted molar refractivity (Wildman–Crippen MR) is 112 cm³/mol. The van der Waals surface area contributed by atoms with E-state index in [1.165, 1.54) is 0 Å². The molecule has 150 valence electrons. The normalized spacial score (nSPS) is 18.5. The number of alkyl halides is 1. The van der Waals surface area contributed by atoms with E-state index in [-0.39, 0.29) is 18.2 Å². The van der Waals surface area contributed by atoms with Crippen molar-refractivity contribution in [1.82, 2.24) is 9.97 Å². The summed E-state index contributed by atoms with van der Waals surface area (Å²) in [6.45, 7) is 7.89. The van der Waals surface area contributed by atoms with Gasteiger partial charge in [-0.3, -0.25) is 9.78 Å². The molecule has 1 aliphatic rings. The predicted octanol–water partition coefficient (Wildman–Crippen LogP) is 2.74. The summed E-state index contributed by atoms with van der Waals surface area (Å²) in [4.78, 5) is 32.4. The SMILES string of the molecule is CC(C)(C)OC(=O)Cc1cccc(CN2c3nc(=O)[nH]c(N)c3NC2(C)Br)c1. The number of rotatable bonds is 4. The van der Waals surface area contributed by atoms with E-state index in [0.29, 0.717) is 18.1 Å². The van der Waals surface area contributed by atoms with E-state index in [1.807, 2.05) is 56.9 Å². The van der Waals surface area contributed by atoms with Crippen molar-refractivity contribution in [2.24, 2.45) is 0 Å². The number of nitrogens with zero attached hydrogens (tertiary/aromatic N) is 2. The number of carbonyl (C=O) groups is 1. The van der Waals surface area contributed by atoms with Gasteiger partial charge in [0, 0.05) is 6.54 Å². The first-order chi connectivity index (χ1) is 12.9. The molecule has 0 aliphatic carbocycles. The molecule has 0 bridgehead atoms. The number of aromatic amines is 1. The zero-order valence-corrected chi connectivity index (χ0v) is 17.9. The minimum absolute atomic E-state index is 0.191. The van der Waals surface area contributed by atoms with Crippen LogP contribution in [-0.4, -0.2) is 26.1 Å². The van der Waals surface area contributed by atoms with Gasteiger partial charge in [0.25, 0.3) is 0 Å². The standard InChI is InChI=1S/C19H24BrN5O3/c1-18(2,3)28-13(26)9-11-6-5-7-12(8-11)10-25-16-14(24-19(25,4)20)15(21)22-17(27)23-16/h5-8,24H,9-10H2,1-4H3,(H3,21,22,23,27). The number of hydrogen-bond donors (Lipinski definition) is 3. The zero-order chi connectivity index (χ0) is 20.7. The van der Waals surface area contributed by atoms with Crippen LogP contribution in [0.3, 0.4) is 0 Å². The highest BCUT2D eigenvalue weighted by Gasteiger charge is 2.40. The number of fused-ring (bicyclic) bond motifs is 1. The van der Waals surface area contributed by atoms with Crippen LogP contribution in [0.5, 0.6) is 0 Å². The number of H-pyrrole nitrogens is 1. The van der Waals surface area contributed by atoms with Gasteiger partial charge < -0.3 is 20.7 Å². The number of carbonyl (C=O) groups excluding carboxylic acids is 1. The molecule has 0 saturated carbocycles. The summed E-state index contributed by atoms with van der Waals surface area (Å²) in [5, 5.41) is 3.22. The highest BCUT2D eigenvalue weighted by Crippen LogP contribution is 2.43. The summed E-state index contributed by atoms with van der Waals surface area (Å²) in [5.74, 6) is 0.434. The molecule has 0 fully saturated rings. The molecule has 0 radical (unpaired) electrons. The summed E-state index contributed by atoms with van der Waals surface area (Å²) in [5.41, 5.74) is 7.29. The van der Waals surface area contributed by atoms with Crippen molar-refractivity contribution in [3.63, 3.8) is 0 Å². The molecule has 2 aromatic rings. The molecule has 8 nitrogen and oxygen atoms in total. The van der Waals surface area contributed by atoms with Crippen LogP contribution in [0.15, 0.2) is 29.1 Å². The summed E-state index contributed by atoms with van der Waals surface area (Å²) < 4.78 is 4.72. The third-order valence-electron chi connectivity index (χ3n) is 4.16. The van der Waals surface area contributed by atoms with Crippen LogP contribution in [0.2, 0.25) is 0 Å². The van der Waals surface area contributed by atoms with Crippen molar-refractivity contribution in [1.29, 1.82) is 0 Å². The van der Waals surface area contributed by atoms with Gasteiger partial charge in [0.15, 0.2) is 10.4 Å². The van der Waals surface area contributed by atoms with Crippen LogP contribution < -0.4 is 21.6 Å². The first kappa shape index (κ1) is 20.2. The molecule has 1 aliphatic heterocycles. The summed E-state index contributed by atoms with van der Waals surface area (Å²) in [6, 6.07) is 7.68. The summed E-state index contributed by atoms with van der Waals surface area (Å²) >= 11 is 3.63. The van der Waals surface area contributed by atoms with Crippen molar-refractivity contribution in [2.75, 3.05) is 16.0 Å². The Morgan fingerprint density at radius 2 is 2.04 bits per heavy atom. The Morgan fingerprint density at radius 1 is 1.36 bits per heavy atom. The Hall–Kier alpha value is -2.55. The molecule has 9 heteroatoms. The monoisotopic (exact) mass is 449 g/mol. The van der Waals surface area contributed by atoms with Crippen molar-refractivity contribution >= 4 is 39.2 Å². The maximum atomic E-state index is 12.1. The van der Waals surface area contributed by atoms with Crippen molar-refractivity contribution in [2.45, 2.75) is 50.8 Å². The second-order valence-corrected chi connectivity index (χ2v) is 9.45. The fourth-order valence-corrected chi connectivity index (χ4v) is 3.57. The third-order valence-corrected chi connectivity index (χ3v) is 4.78. The molecule has 1 atom stereocenters. The fourth-order valence-electron chi connectivity index (χ4n) is 3.08. The van der Waals surface area contributed by atoms with E-state index in [2.05, 4.69) is 31.2 Å². The van der Waals surface area contributed by atoms with Gasteiger partial charge in [0.05, 0.1) is 6.42 Å². The van der Waals surface area contributed by atoms with Gasteiger partial charge in [-0.05, 0) is 54.8 Å². The third kappa shape index (κ3) is 4.46. The van der Waals surface area contributed by atoms with E-state index in [9.17, 15) is 9.59 Å². The van der Waals surface area contributed by atoms with E-state index < -0.39 is 15.9 Å². The van der Waals surface area contributed by atoms with Gasteiger partial charge in [-0.15, -0.1) is 0 Å². The van der Waals surface area contributed by atoms with Gasteiger partial charge in [-0.2, -0.15) is 4.98 Å². The molecule has 0 amide bonds. The second kappa shape index (κ2) is 7.12. The van der Waals surface area contributed by atoms with Crippen molar-refractivity contribution in [3.8, 4) is 0 Å². The summed E-state index contributed by atoms with van der Waals surface area (Å²) in [6.07, 6.45) is 0.191. The lowest BCUT2D eigenvalue weighted by Gasteiger charge is -2.31. The Labute approximate surface area is 171 Å². The van der Waals surface area contributed by atoms with E-state index >= 15 is 0 Å². The molecule has 3 rings (SSSR count). The van der Waals surface area contributed by atoms with Gasteiger partial charge in [-0.25, -0.2) is 4.79 Å². The maximum Gasteiger partial charge on any atom is 0.348 e. The molecule has 0 spiro atoms. The molecule has 1 aromatic heterocycles. The number of benzene rings is 1. The Balaban J connectivity index is 1.83. The Bertz CT molecular complexity index is 965. The molecule has 28 heavy (non-hydrogen) atoms. The highest BCUT2D eigenvalue weighted by atomic mass is 79.9. The number of anilines is 3. The smallest absolute Gasteiger partial charge is 0.348 e. The quantitative estimate of drug-likeness (QED) is 0.373. The molecule has 1 unspecified atom stereocenters. The molecule has 0 saturated heterocycles. The Kier molecular flexibility index (Phi) is 5.14. The zero-order valence-electron chi connectivity index (χ0n) is 16.3. The molecular weight excluding hydrogens is 426 g/mol. The lowest BCUT2D eigenvalue weighted by Crippen LogP contribution is -2.42. The van der Waals surface area contributed by atoms with Crippen molar-refractivity contribution < 1.29 is 9.53 Å². The van der Waals surface area contributed by atoms with Gasteiger partial charge in [0.1, 0.15) is 17.1 Å². The molecule has 4 N–H and O–H groups in total. The molecule has 1 aromatic carbocycles. The lowest BCUT2D eigenvalue weighted by molar-refractivity contribution is -0.153. The van der Waals surface area contributed by atoms with Crippen LogP contribution in [-0.2, 0) is 22.5 Å². The number of nitrogens with two attached hydrogens (primary N) is 1. The number of halogens is 1. The van der Waals surface area contributed by atoms with E-state index in [4.69, 9.17) is 10.5 Å². The van der Waals surface area contributed by atoms with Crippen LogP contribution in [0.25, 0.3) is 0 Å². The fraction of sp³-hybridized carbons (Fsp3) is 0.421. The van der Waals surface area contributed by atoms with Crippen LogP contribution in [0.1, 0.15) is 38.8 Å². The van der Waals surface area contributed by atoms with E-state index in [0.717, 1.165) is 11.1 Å². The average Bonchev–Trinajstić information content (AvgIpc) is 2.77. The number of esters is 1. The second-order valence-electron chi connectivity index (χ2n) is 7.90. The van der Waals surface area contributed by atoms with Gasteiger partial charge in [-0.1, -0.05) is 24.3 Å². The first-order valence-electron chi connectivity index (χ1n) is 8.89. The minimum Gasteiger partial charge on any atom is -0.460 e. The lowest BCUT2D eigenvalue weighted by atomic mass is 10.1. The molecular formula is C19H24BrN5O3. The topological polar surface area (TPSA) is 113 Å². The highest BCUT2D eigenvalue weighted by molar-refractivity contribution is 9.10. The summed E-state index contributed by atoms with van der Waals surface area (Å²) in [7, 11) is 0. The number of ether oxygens (including phenoxy) is 1. The van der Waals surface area contributed by atoms with Crippen LogP contribution in [0.4, 0.5) is 17.3 Å². The Morgan fingerprint density at radius 3 is 2.71 bits per heavy atom. The first-order valence-corrected chi connectivity index (χ1v) is 9.68. The number of nitrogen functional groups attached to an aromatic ring is 1. The van der Waals surface area contributed by atoms with Gasteiger partial charge in [0.2, 0.25) is 0 Å². The maximum absolute atomic E-state index is 12.1. The molecule has 2 heterocycles. The van der Waals surface area contributed by atoms with Crippen LogP contribution in [0, 0.1) is 0 Å². The number of hydrogen-bond acceptors (Lipinski definition) is 7. The van der Waals surface area contributed by atoms with Crippen molar-refractivity contribution in [3.05, 3.63) is 45.9 Å². The average molecular weight is 450 g/mol. The van der Waals surface area contributed by atoms with E-state index in [1.54, 1.807) is 0 Å². The number of aromatic nitrogens is 2. The number of nitrogens with one attached hydrogen (secondary N) is 2. The van der Waals surface area contributed by atoms with Gasteiger partial charge >= 0.3 is 11.7 Å².